The number of aromatic nitrogens is 2. The molecule has 5 aromatic carbocycles. The van der Waals surface area contributed by atoms with E-state index < -0.39 is 114 Å². The molecule has 2 aromatic heterocycles. The van der Waals surface area contributed by atoms with E-state index in [1.165, 1.54) is 35.6 Å². The number of unbranched alkanes of at least 4 members (excludes halogenated alkanes) is 1. The van der Waals surface area contributed by atoms with Crippen molar-refractivity contribution in [2.24, 2.45) is 17.6 Å². The van der Waals surface area contributed by atoms with Gasteiger partial charge in [0.1, 0.15) is 48.0 Å². The number of amides is 8. The lowest BCUT2D eigenvalue weighted by molar-refractivity contribution is -0.145. The van der Waals surface area contributed by atoms with Gasteiger partial charge < -0.3 is 73.6 Å². The van der Waals surface area contributed by atoms with Gasteiger partial charge in [0.05, 0.1) is 12.0 Å². The second-order valence-electron chi connectivity index (χ2n) is 26.0. The number of thiol groups is 2. The number of fused-ring (bicyclic) bond motifs is 4. The van der Waals surface area contributed by atoms with Gasteiger partial charge in [-0.1, -0.05) is 106 Å². The Hall–Kier alpha value is -8.95. The van der Waals surface area contributed by atoms with Crippen LogP contribution in [0.25, 0.3) is 32.6 Å². The Morgan fingerprint density at radius 2 is 1.16 bits per heavy atom. The molecule has 0 radical (unpaired) electrons. The molecule has 24 nitrogen and oxygen atoms in total. The van der Waals surface area contributed by atoms with E-state index in [1.54, 1.807) is 38.2 Å². The summed E-state index contributed by atoms with van der Waals surface area (Å²) >= 11 is 8.75. The first-order valence-corrected chi connectivity index (χ1v) is 34.7. The highest BCUT2D eigenvalue weighted by Crippen LogP contribution is 2.45. The number of phenolic OH excluding ortho intramolecular Hbond substituents is 1. The number of nitrogens with one attached hydrogen (secondary N) is 10. The number of aliphatic carboxylic acids is 1. The summed E-state index contributed by atoms with van der Waals surface area (Å²) in [6.45, 7) is 8.07. The van der Waals surface area contributed by atoms with Gasteiger partial charge in [-0.3, -0.25) is 43.3 Å². The van der Waals surface area contributed by atoms with Crippen molar-refractivity contribution in [3.63, 3.8) is 0 Å². The van der Waals surface area contributed by atoms with Crippen LogP contribution in [-0.4, -0.2) is 175 Å². The molecule has 26 heteroatoms. The highest BCUT2D eigenvalue weighted by atomic mass is 32.1. The Balaban J connectivity index is 0.960. The normalized spacial score (nSPS) is 17.9. The van der Waals surface area contributed by atoms with Gasteiger partial charge in [-0.05, 0) is 127 Å². The van der Waals surface area contributed by atoms with Crippen LogP contribution in [0.3, 0.4) is 0 Å². The maximum Gasteiger partial charge on any atom is 0.328 e. The predicted molar refractivity (Wildman–Crippen MR) is 380 cm³/mol. The number of phenols is 1. The van der Waals surface area contributed by atoms with Crippen molar-refractivity contribution in [1.82, 2.24) is 57.4 Å². The monoisotopic (exact) mass is 1380 g/mol. The minimum atomic E-state index is -1.70. The number of para-hydroxylation sites is 1. The molecule has 1 aliphatic heterocycles. The van der Waals surface area contributed by atoms with Gasteiger partial charge in [0, 0.05) is 83.5 Å². The number of hydrogen-bond donors (Lipinski definition) is 16. The molecule has 0 saturated carbocycles. The Labute approximate surface area is 579 Å². The van der Waals surface area contributed by atoms with E-state index in [1.807, 2.05) is 66.7 Å². The number of likely N-dealkylation sites (tertiary alicyclic amines) is 1. The molecule has 9 rings (SSSR count). The summed E-state index contributed by atoms with van der Waals surface area (Å²) in [6, 6.07) is 22.0. The Morgan fingerprint density at radius 3 is 1.83 bits per heavy atom. The third-order valence-electron chi connectivity index (χ3n) is 18.6. The number of hydrogen-bond acceptors (Lipinski definition) is 15. The molecule has 12 atom stereocenters. The van der Waals surface area contributed by atoms with Gasteiger partial charge in [0.25, 0.3) is 0 Å². The summed E-state index contributed by atoms with van der Waals surface area (Å²) in [6.07, 6.45) is 5.06. The van der Waals surface area contributed by atoms with Gasteiger partial charge in [-0.25, -0.2) is 4.79 Å². The van der Waals surface area contributed by atoms with E-state index in [-0.39, 0.29) is 67.4 Å². The SMILES string of the molecule is CCCN1C[C@H](C(=O)N[C@@H](Cc2ccc3ccccc3c2)C(=O)N[C@@H](CS)C(=O)N[C@@H](Cc2ccc(O)cc2)C(=O)N[C@H](Cc2c[nH]c3ccccc23)C(=O)N[C@@H](CCCCN)C(=O)N[C@H](C(=O)N[C@@H](CS)C(=O)N[C@H](C(=O)O)[C@@H](C)O)C(C)C)CC2c3cccc4[nH]cc(c34)CC21. The molecule has 0 spiro atoms. The third kappa shape index (κ3) is 18.2. The molecular weight excluding hydrogens is 1290 g/mol. The van der Waals surface area contributed by atoms with Crippen LogP contribution in [0.5, 0.6) is 5.75 Å². The fourth-order valence-electron chi connectivity index (χ4n) is 13.4. The molecule has 15 N–H and O–H groups in total. The summed E-state index contributed by atoms with van der Waals surface area (Å²) in [5.74, 6) is -9.25. The first-order chi connectivity index (χ1) is 47.1. The molecule has 1 fully saturated rings. The second-order valence-corrected chi connectivity index (χ2v) is 26.8. The van der Waals surface area contributed by atoms with Crippen molar-refractivity contribution in [2.75, 3.05) is 31.1 Å². The van der Waals surface area contributed by atoms with Crippen molar-refractivity contribution in [2.45, 2.75) is 152 Å². The number of aromatic amines is 2. The van der Waals surface area contributed by atoms with E-state index in [2.05, 4.69) is 108 Å². The zero-order chi connectivity index (χ0) is 70.3. The van der Waals surface area contributed by atoms with Crippen molar-refractivity contribution >= 4 is 111 Å². The van der Waals surface area contributed by atoms with Gasteiger partial charge in [0.2, 0.25) is 47.3 Å². The van der Waals surface area contributed by atoms with Crippen molar-refractivity contribution < 1.29 is 58.5 Å². The molecule has 522 valence electrons. The van der Waals surface area contributed by atoms with E-state index >= 15 is 14.4 Å². The number of H-pyrrole nitrogens is 2. The summed E-state index contributed by atoms with van der Waals surface area (Å²) in [5.41, 5.74) is 11.9. The number of carboxylic acid groups (broad SMARTS) is 1. The quantitative estimate of drug-likeness (QED) is 0.0205. The average Bonchev–Trinajstić information content (AvgIpc) is 1.40. The molecule has 1 saturated heterocycles. The molecule has 1 aliphatic carbocycles. The average molecular weight is 1380 g/mol. The summed E-state index contributed by atoms with van der Waals surface area (Å²) in [5, 5.41) is 55.5. The molecule has 2 aliphatic rings. The summed E-state index contributed by atoms with van der Waals surface area (Å²) in [7, 11) is 0. The summed E-state index contributed by atoms with van der Waals surface area (Å²) < 4.78 is 0. The fourth-order valence-corrected chi connectivity index (χ4v) is 13.9. The van der Waals surface area contributed by atoms with Crippen molar-refractivity contribution in [3.05, 3.63) is 149 Å². The minimum absolute atomic E-state index is 0.0151. The number of benzene rings is 5. The number of rotatable bonds is 33. The van der Waals surface area contributed by atoms with Gasteiger partial charge in [-0.15, -0.1) is 0 Å². The largest absolute Gasteiger partial charge is 0.508 e. The molecule has 0 bridgehead atoms. The Bertz CT molecular complexity index is 3990. The Kier molecular flexibility index (Phi) is 25.4. The number of aliphatic hydroxyl groups excluding tert-OH is 1. The van der Waals surface area contributed by atoms with Crippen molar-refractivity contribution in [3.8, 4) is 5.75 Å². The first-order valence-electron chi connectivity index (χ1n) is 33.5. The second kappa shape index (κ2) is 34.0. The zero-order valence-electron chi connectivity index (χ0n) is 55.4. The number of carboxylic acids is 1. The highest BCUT2D eigenvalue weighted by Gasteiger charge is 2.44. The number of nitrogens with two attached hydrogens (primary N) is 1. The maximum atomic E-state index is 15.2. The molecule has 3 heterocycles. The van der Waals surface area contributed by atoms with Crippen LogP contribution in [0.1, 0.15) is 93.5 Å². The lowest BCUT2D eigenvalue weighted by Gasteiger charge is -2.47. The van der Waals surface area contributed by atoms with Gasteiger partial charge in [0.15, 0.2) is 6.04 Å². The number of aromatic hydroxyl groups is 1. The fraction of sp³-hybridized carbons (Fsp3) is 0.431. The van der Waals surface area contributed by atoms with Crippen LogP contribution in [-0.2, 0) is 68.8 Å². The molecular formula is C72H90N12O12S2. The van der Waals surface area contributed by atoms with Gasteiger partial charge >= 0.3 is 5.97 Å². The van der Waals surface area contributed by atoms with Crippen LogP contribution < -0.4 is 48.3 Å². The smallest absolute Gasteiger partial charge is 0.328 e. The molecule has 2 unspecified atom stereocenters. The van der Waals surface area contributed by atoms with Crippen LogP contribution >= 0.6 is 25.3 Å². The number of carbonyl (C=O) groups is 9. The molecule has 7 aromatic rings. The Morgan fingerprint density at radius 1 is 0.602 bits per heavy atom. The van der Waals surface area contributed by atoms with E-state index in [9.17, 15) is 44.1 Å². The van der Waals surface area contributed by atoms with Crippen LogP contribution in [0.2, 0.25) is 0 Å². The number of nitrogens with zero attached hydrogens (tertiary/aromatic N) is 1. The molecule has 98 heavy (non-hydrogen) atoms. The lowest BCUT2D eigenvalue weighted by atomic mass is 9.72. The summed E-state index contributed by atoms with van der Waals surface area (Å²) in [4.78, 5) is 138. The van der Waals surface area contributed by atoms with Crippen LogP contribution in [0.4, 0.5) is 0 Å². The topological polar surface area (TPSA) is 371 Å². The van der Waals surface area contributed by atoms with Crippen LogP contribution in [0.15, 0.2) is 122 Å². The zero-order valence-corrected chi connectivity index (χ0v) is 57.2. The van der Waals surface area contributed by atoms with Crippen molar-refractivity contribution in [1.29, 1.82) is 0 Å². The predicted octanol–water partition coefficient (Wildman–Crippen LogP) is 3.96. The highest BCUT2D eigenvalue weighted by molar-refractivity contribution is 7.80. The first kappa shape index (κ1) is 73.3. The number of piperidine rings is 1. The molecule has 8 amide bonds. The standard InChI is InChI=1S/C72H90N12O12S2/c1-5-27-84-36-47(31-51-50-16-12-19-53-61(50)46(35-75-53)33-60(51)84)64(87)77-56(30-42-20-23-43-13-6-7-14-44(43)28-42)67(90)80-58(37-97)69(92)78-55(29-41-21-24-48(86)25-22-41)66(89)79-57(32-45-34-74-52-17-9-8-15-49(45)52)68(91)76-54(18-10-11-26-73)65(88)82-62(39(2)3)71(94)81-59(38-98)70(93)83-63(40(4)85)72(95)96/h6-9,12-17,19-25,28,34-35,39-40,47,51,54-60,62-63,74-75,85-86,97-98H,5,10-11,18,26-27,29-33,36-38,73H2,1-4H3,(H,76,91)(H,77,87)(H,78,92)(H,79,89)(H,80,90)(H,81,94)(H,82,88)(H,83,93)(H,95,96)/t40-,47-,51?,54+,55+,56+,57-,58+,59+,60?,62+,63+/m1/s1. The number of carbonyl (C=O) groups excluding carboxylic acids is 8. The third-order valence-corrected chi connectivity index (χ3v) is 19.3. The lowest BCUT2D eigenvalue weighted by Crippen LogP contribution is -2.62. The number of aliphatic hydroxyl groups is 1. The maximum absolute atomic E-state index is 15.2. The van der Waals surface area contributed by atoms with E-state index in [0.29, 0.717) is 36.9 Å². The van der Waals surface area contributed by atoms with Crippen LogP contribution in [0, 0.1) is 11.8 Å². The van der Waals surface area contributed by atoms with E-state index in [4.69, 9.17) is 5.73 Å². The minimum Gasteiger partial charge on any atom is -0.508 e. The van der Waals surface area contributed by atoms with E-state index in [0.717, 1.165) is 52.1 Å². The van der Waals surface area contributed by atoms with Gasteiger partial charge in [-0.2, -0.15) is 25.3 Å².